The minimum absolute atomic E-state index is 0.349. The summed E-state index contributed by atoms with van der Waals surface area (Å²) in [5, 5.41) is 12.9. The van der Waals surface area contributed by atoms with Crippen LogP contribution in [0.3, 0.4) is 0 Å². The molecule has 1 fully saturated rings. The third kappa shape index (κ3) is 4.80. The largest absolute Gasteiger partial charge is 0.508 e. The van der Waals surface area contributed by atoms with Crippen molar-refractivity contribution in [2.75, 3.05) is 20.1 Å². The Hall–Kier alpha value is -1.06. The van der Waals surface area contributed by atoms with Gasteiger partial charge >= 0.3 is 0 Å². The molecule has 1 aliphatic rings. The second-order valence-corrected chi connectivity index (χ2v) is 6.14. The number of hydrogen-bond donors (Lipinski definition) is 2. The highest BCUT2D eigenvalue weighted by molar-refractivity contribution is 5.25. The first kappa shape index (κ1) is 15.3. The van der Waals surface area contributed by atoms with E-state index in [1.807, 2.05) is 12.1 Å². The van der Waals surface area contributed by atoms with E-state index in [0.29, 0.717) is 17.8 Å². The van der Waals surface area contributed by atoms with Crippen molar-refractivity contribution in [2.45, 2.75) is 51.1 Å². The zero-order valence-electron chi connectivity index (χ0n) is 12.8. The number of aromatic hydroxyl groups is 1. The van der Waals surface area contributed by atoms with E-state index in [1.54, 1.807) is 12.1 Å². The average molecular weight is 276 g/mol. The summed E-state index contributed by atoms with van der Waals surface area (Å²) in [4.78, 5) is 2.48. The Morgan fingerprint density at radius 2 is 2.05 bits per heavy atom. The van der Waals surface area contributed by atoms with Gasteiger partial charge in [0.2, 0.25) is 0 Å². The summed E-state index contributed by atoms with van der Waals surface area (Å²) in [6.45, 7) is 4.64. The summed E-state index contributed by atoms with van der Waals surface area (Å²) < 4.78 is 0. The van der Waals surface area contributed by atoms with Gasteiger partial charge in [0.05, 0.1) is 0 Å². The lowest BCUT2D eigenvalue weighted by Crippen LogP contribution is -2.45. The van der Waals surface area contributed by atoms with E-state index in [-0.39, 0.29) is 0 Å². The van der Waals surface area contributed by atoms with Gasteiger partial charge in [0.1, 0.15) is 5.75 Å². The summed E-state index contributed by atoms with van der Waals surface area (Å²) in [5.74, 6) is 0.349. The predicted molar refractivity (Wildman–Crippen MR) is 84.2 cm³/mol. The van der Waals surface area contributed by atoms with Crippen LogP contribution in [0.25, 0.3) is 0 Å². The molecule has 20 heavy (non-hydrogen) atoms. The summed E-state index contributed by atoms with van der Waals surface area (Å²) >= 11 is 0. The summed E-state index contributed by atoms with van der Waals surface area (Å²) in [6.07, 6.45) is 6.25. The number of hydrogen-bond acceptors (Lipinski definition) is 3. The zero-order valence-corrected chi connectivity index (χ0v) is 12.8. The number of nitrogens with one attached hydrogen (secondary N) is 1. The molecule has 2 rings (SSSR count). The van der Waals surface area contributed by atoms with Crippen LogP contribution in [-0.4, -0.2) is 42.2 Å². The van der Waals surface area contributed by atoms with Gasteiger partial charge in [-0.15, -0.1) is 0 Å². The maximum atomic E-state index is 9.29. The molecule has 0 bridgehead atoms. The summed E-state index contributed by atoms with van der Waals surface area (Å²) in [6, 6.07) is 8.85. The Kier molecular flexibility index (Phi) is 5.86. The predicted octanol–water partition coefficient (Wildman–Crippen LogP) is 2.79. The third-order valence-electron chi connectivity index (χ3n) is 4.46. The fraction of sp³-hybridized carbons (Fsp3) is 0.647. The molecule has 2 atom stereocenters. The molecule has 1 saturated heterocycles. The number of nitrogens with zero attached hydrogens (tertiary/aromatic N) is 1. The Balaban J connectivity index is 1.72. The highest BCUT2D eigenvalue weighted by atomic mass is 16.3. The Morgan fingerprint density at radius 1 is 1.30 bits per heavy atom. The standard InChI is InChI=1S/C17H28N2O/c1-14(6-7-15-8-10-17(20)11-9-15)19(2)13-16-5-3-4-12-18-16/h8-11,14,16,18,20H,3-7,12-13H2,1-2H3. The van der Waals surface area contributed by atoms with Crippen LogP contribution in [0.2, 0.25) is 0 Å². The van der Waals surface area contributed by atoms with E-state index < -0.39 is 0 Å². The van der Waals surface area contributed by atoms with Crippen LogP contribution in [0.5, 0.6) is 5.75 Å². The number of benzene rings is 1. The summed E-state index contributed by atoms with van der Waals surface area (Å²) in [5.41, 5.74) is 1.30. The molecule has 2 unspecified atom stereocenters. The van der Waals surface area contributed by atoms with Gasteiger partial charge in [-0.25, -0.2) is 0 Å². The molecule has 0 amide bonds. The molecule has 0 radical (unpaired) electrons. The first-order valence-electron chi connectivity index (χ1n) is 7.86. The molecule has 3 nitrogen and oxygen atoms in total. The van der Waals surface area contributed by atoms with Crippen LogP contribution in [-0.2, 0) is 6.42 Å². The summed E-state index contributed by atoms with van der Waals surface area (Å²) in [7, 11) is 2.23. The minimum atomic E-state index is 0.349. The van der Waals surface area contributed by atoms with Gasteiger partial charge in [0.25, 0.3) is 0 Å². The first-order chi connectivity index (χ1) is 9.65. The van der Waals surface area contributed by atoms with Crippen molar-refractivity contribution in [3.63, 3.8) is 0 Å². The van der Waals surface area contributed by atoms with Crippen molar-refractivity contribution in [3.05, 3.63) is 29.8 Å². The first-order valence-corrected chi connectivity index (χ1v) is 7.86. The van der Waals surface area contributed by atoms with E-state index in [0.717, 1.165) is 19.4 Å². The van der Waals surface area contributed by atoms with E-state index in [1.165, 1.54) is 31.4 Å². The van der Waals surface area contributed by atoms with Gasteiger partial charge in [0, 0.05) is 18.6 Å². The van der Waals surface area contributed by atoms with Gasteiger partial charge in [-0.05, 0) is 63.9 Å². The van der Waals surface area contributed by atoms with Crippen LogP contribution in [0, 0.1) is 0 Å². The molecule has 112 valence electrons. The van der Waals surface area contributed by atoms with Crippen molar-refractivity contribution in [2.24, 2.45) is 0 Å². The minimum Gasteiger partial charge on any atom is -0.508 e. The van der Waals surface area contributed by atoms with E-state index in [2.05, 4.69) is 24.2 Å². The van der Waals surface area contributed by atoms with Crippen LogP contribution in [0.4, 0.5) is 0 Å². The third-order valence-corrected chi connectivity index (χ3v) is 4.46. The van der Waals surface area contributed by atoms with Gasteiger partial charge < -0.3 is 15.3 Å². The highest BCUT2D eigenvalue weighted by Crippen LogP contribution is 2.14. The molecular weight excluding hydrogens is 248 g/mol. The molecule has 0 aromatic heterocycles. The second kappa shape index (κ2) is 7.65. The molecule has 1 aromatic carbocycles. The van der Waals surface area contributed by atoms with Crippen molar-refractivity contribution in [3.8, 4) is 5.75 Å². The molecular formula is C17H28N2O. The van der Waals surface area contributed by atoms with Crippen molar-refractivity contribution in [1.29, 1.82) is 0 Å². The van der Waals surface area contributed by atoms with E-state index in [9.17, 15) is 5.11 Å². The molecule has 0 aliphatic carbocycles. The maximum absolute atomic E-state index is 9.29. The lowest BCUT2D eigenvalue weighted by molar-refractivity contribution is 0.205. The van der Waals surface area contributed by atoms with E-state index >= 15 is 0 Å². The molecule has 1 aliphatic heterocycles. The monoisotopic (exact) mass is 276 g/mol. The van der Waals surface area contributed by atoms with Crippen molar-refractivity contribution < 1.29 is 5.11 Å². The van der Waals surface area contributed by atoms with Gasteiger partial charge in [-0.2, -0.15) is 0 Å². The van der Waals surface area contributed by atoms with Crippen LogP contribution < -0.4 is 5.32 Å². The Labute approximate surface area is 123 Å². The maximum Gasteiger partial charge on any atom is 0.115 e. The number of likely N-dealkylation sites (N-methyl/N-ethyl adjacent to an activating group) is 1. The fourth-order valence-corrected chi connectivity index (χ4v) is 2.87. The molecule has 0 saturated carbocycles. The topological polar surface area (TPSA) is 35.5 Å². The number of phenols is 1. The molecule has 0 spiro atoms. The number of piperidine rings is 1. The van der Waals surface area contributed by atoms with Crippen LogP contribution in [0.1, 0.15) is 38.2 Å². The number of rotatable bonds is 6. The van der Waals surface area contributed by atoms with Crippen molar-refractivity contribution in [1.82, 2.24) is 10.2 Å². The molecule has 2 N–H and O–H groups in total. The van der Waals surface area contributed by atoms with Gasteiger partial charge in [-0.3, -0.25) is 0 Å². The van der Waals surface area contributed by atoms with Crippen LogP contribution in [0.15, 0.2) is 24.3 Å². The van der Waals surface area contributed by atoms with E-state index in [4.69, 9.17) is 0 Å². The molecule has 1 heterocycles. The van der Waals surface area contributed by atoms with Crippen molar-refractivity contribution >= 4 is 0 Å². The molecule has 3 heteroatoms. The number of aryl methyl sites for hydroxylation is 1. The Morgan fingerprint density at radius 3 is 2.70 bits per heavy atom. The lowest BCUT2D eigenvalue weighted by Gasteiger charge is -2.31. The van der Waals surface area contributed by atoms with Gasteiger partial charge in [0.15, 0.2) is 0 Å². The SMILES string of the molecule is CC(CCc1ccc(O)cc1)N(C)CC1CCCCN1. The second-order valence-electron chi connectivity index (χ2n) is 6.14. The fourth-order valence-electron chi connectivity index (χ4n) is 2.87. The zero-order chi connectivity index (χ0) is 14.4. The number of phenolic OH excluding ortho intramolecular Hbond substituents is 1. The molecule has 1 aromatic rings. The van der Waals surface area contributed by atoms with Crippen LogP contribution >= 0.6 is 0 Å². The highest BCUT2D eigenvalue weighted by Gasteiger charge is 2.17. The average Bonchev–Trinajstić information content (AvgIpc) is 2.47. The smallest absolute Gasteiger partial charge is 0.115 e. The quantitative estimate of drug-likeness (QED) is 0.838. The normalized spacial score (nSPS) is 21.1. The Bertz CT molecular complexity index is 384. The lowest BCUT2D eigenvalue weighted by atomic mass is 10.0. The van der Waals surface area contributed by atoms with Gasteiger partial charge in [-0.1, -0.05) is 18.6 Å².